The summed E-state index contributed by atoms with van der Waals surface area (Å²) in [7, 11) is 0. The van der Waals surface area contributed by atoms with Crippen LogP contribution in [-0.2, 0) is 6.42 Å². The van der Waals surface area contributed by atoms with Crippen molar-refractivity contribution in [1.82, 2.24) is 9.38 Å². The highest BCUT2D eigenvalue weighted by molar-refractivity contribution is 6.04. The number of anilines is 1. The Morgan fingerprint density at radius 1 is 1.27 bits per heavy atom. The van der Waals surface area contributed by atoms with Crippen LogP contribution in [0.25, 0.3) is 5.65 Å². The zero-order valence-corrected chi connectivity index (χ0v) is 12.4. The van der Waals surface area contributed by atoms with Gasteiger partial charge in [-0.2, -0.15) is 0 Å². The van der Waals surface area contributed by atoms with Crippen molar-refractivity contribution in [3.8, 4) is 0 Å². The Kier molecular flexibility index (Phi) is 3.63. The molecule has 0 atom stereocenters. The summed E-state index contributed by atoms with van der Waals surface area (Å²) in [6.45, 7) is 3.84. The van der Waals surface area contributed by atoms with Crippen LogP contribution in [-0.4, -0.2) is 15.3 Å². The van der Waals surface area contributed by atoms with E-state index in [1.165, 1.54) is 16.7 Å². The Hall–Kier alpha value is -2.69. The van der Waals surface area contributed by atoms with Crippen LogP contribution >= 0.6 is 0 Å². The van der Waals surface area contributed by atoms with Gasteiger partial charge >= 0.3 is 0 Å². The predicted molar refractivity (Wildman–Crippen MR) is 83.7 cm³/mol. The first-order chi connectivity index (χ1) is 10.6. The standard InChI is InChI=1S/C17H16FN3O/c1-3-13-16(21-10-12(18)8-9-15(21)19-13)17(22)20-14-7-5-4-6-11(14)2/h4-10H,3H2,1-2H3,(H,20,22). The Balaban J connectivity index is 2.06. The van der Waals surface area contributed by atoms with Crippen molar-refractivity contribution in [3.63, 3.8) is 0 Å². The number of aromatic nitrogens is 2. The number of halogens is 1. The SMILES string of the molecule is CCc1nc2ccc(F)cn2c1C(=O)Nc1ccccc1C. The first-order valence-electron chi connectivity index (χ1n) is 7.13. The van der Waals surface area contributed by atoms with Crippen LogP contribution < -0.4 is 5.32 Å². The summed E-state index contributed by atoms with van der Waals surface area (Å²) in [5, 5.41) is 2.88. The second-order valence-electron chi connectivity index (χ2n) is 5.11. The average Bonchev–Trinajstić information content (AvgIpc) is 2.87. The van der Waals surface area contributed by atoms with Gasteiger partial charge < -0.3 is 5.32 Å². The van der Waals surface area contributed by atoms with Gasteiger partial charge in [-0.05, 0) is 37.1 Å². The number of nitrogens with zero attached hydrogens (tertiary/aromatic N) is 2. The van der Waals surface area contributed by atoms with E-state index in [1.54, 1.807) is 6.07 Å². The van der Waals surface area contributed by atoms with Gasteiger partial charge in [0.05, 0.1) is 5.69 Å². The van der Waals surface area contributed by atoms with Crippen molar-refractivity contribution in [2.75, 3.05) is 5.32 Å². The summed E-state index contributed by atoms with van der Waals surface area (Å²) in [4.78, 5) is 17.0. The lowest BCUT2D eigenvalue weighted by molar-refractivity contribution is 0.102. The van der Waals surface area contributed by atoms with E-state index in [0.717, 1.165) is 11.3 Å². The lowest BCUT2D eigenvalue weighted by atomic mass is 10.2. The molecule has 0 saturated heterocycles. The van der Waals surface area contributed by atoms with Gasteiger partial charge in [0.25, 0.3) is 5.91 Å². The van der Waals surface area contributed by atoms with Crippen LogP contribution in [0.1, 0.15) is 28.7 Å². The van der Waals surface area contributed by atoms with E-state index in [4.69, 9.17) is 0 Å². The molecule has 0 aliphatic heterocycles. The van der Waals surface area contributed by atoms with Crippen molar-refractivity contribution in [2.24, 2.45) is 0 Å². The largest absolute Gasteiger partial charge is 0.320 e. The molecule has 2 heterocycles. The zero-order valence-electron chi connectivity index (χ0n) is 12.4. The van der Waals surface area contributed by atoms with Crippen LogP contribution in [0.5, 0.6) is 0 Å². The molecular weight excluding hydrogens is 281 g/mol. The van der Waals surface area contributed by atoms with Crippen LogP contribution in [0.2, 0.25) is 0 Å². The summed E-state index contributed by atoms with van der Waals surface area (Å²) in [5.41, 5.74) is 3.29. The minimum atomic E-state index is -0.405. The molecule has 1 aromatic carbocycles. The number of nitrogens with one attached hydrogen (secondary N) is 1. The molecule has 0 spiro atoms. The molecule has 1 amide bonds. The fourth-order valence-electron chi connectivity index (χ4n) is 2.45. The summed E-state index contributed by atoms with van der Waals surface area (Å²) < 4.78 is 15.0. The van der Waals surface area contributed by atoms with E-state index >= 15 is 0 Å². The van der Waals surface area contributed by atoms with Gasteiger partial charge in [0, 0.05) is 11.9 Å². The number of imidazole rings is 1. The molecule has 5 heteroatoms. The molecule has 0 unspecified atom stereocenters. The lowest BCUT2D eigenvalue weighted by Crippen LogP contribution is -2.17. The number of para-hydroxylation sites is 1. The second kappa shape index (κ2) is 5.60. The molecular formula is C17H16FN3O. The molecule has 4 nitrogen and oxygen atoms in total. The molecule has 0 bridgehead atoms. The Labute approximate surface area is 127 Å². The van der Waals surface area contributed by atoms with E-state index in [0.29, 0.717) is 23.5 Å². The summed E-state index contributed by atoms with van der Waals surface area (Å²) in [6.07, 6.45) is 1.88. The molecule has 0 radical (unpaired) electrons. The Morgan fingerprint density at radius 2 is 2.05 bits per heavy atom. The smallest absolute Gasteiger partial charge is 0.274 e. The molecule has 0 aliphatic rings. The predicted octanol–water partition coefficient (Wildman–Crippen LogP) is 3.60. The highest BCUT2D eigenvalue weighted by atomic mass is 19.1. The molecule has 3 aromatic rings. The Bertz CT molecular complexity index is 854. The van der Waals surface area contributed by atoms with Crippen molar-refractivity contribution in [3.05, 3.63) is 65.4 Å². The van der Waals surface area contributed by atoms with Gasteiger partial charge in [-0.15, -0.1) is 0 Å². The molecule has 22 heavy (non-hydrogen) atoms. The normalized spacial score (nSPS) is 10.9. The van der Waals surface area contributed by atoms with E-state index in [1.807, 2.05) is 38.1 Å². The number of hydrogen-bond acceptors (Lipinski definition) is 2. The number of aryl methyl sites for hydroxylation is 2. The van der Waals surface area contributed by atoms with E-state index in [2.05, 4.69) is 10.3 Å². The third-order valence-electron chi connectivity index (χ3n) is 3.60. The quantitative estimate of drug-likeness (QED) is 0.803. The Morgan fingerprint density at radius 3 is 2.77 bits per heavy atom. The summed E-state index contributed by atoms with van der Waals surface area (Å²) >= 11 is 0. The number of amides is 1. The number of pyridine rings is 1. The van der Waals surface area contributed by atoms with Gasteiger partial charge in [-0.3, -0.25) is 9.20 Å². The lowest BCUT2D eigenvalue weighted by Gasteiger charge is -2.09. The minimum Gasteiger partial charge on any atom is -0.320 e. The molecule has 1 N–H and O–H groups in total. The van der Waals surface area contributed by atoms with Gasteiger partial charge in [-0.25, -0.2) is 9.37 Å². The number of benzene rings is 1. The molecule has 0 saturated carbocycles. The maximum Gasteiger partial charge on any atom is 0.274 e. The highest BCUT2D eigenvalue weighted by Crippen LogP contribution is 2.18. The summed E-state index contributed by atoms with van der Waals surface area (Å²) in [5.74, 6) is -0.693. The molecule has 0 aliphatic carbocycles. The van der Waals surface area contributed by atoms with Gasteiger partial charge in [0.2, 0.25) is 0 Å². The minimum absolute atomic E-state index is 0.288. The van der Waals surface area contributed by atoms with Gasteiger partial charge in [0.1, 0.15) is 17.2 Å². The number of carbonyl (C=O) groups excluding carboxylic acids is 1. The monoisotopic (exact) mass is 297 g/mol. The number of hydrogen-bond donors (Lipinski definition) is 1. The molecule has 0 fully saturated rings. The molecule has 112 valence electrons. The number of rotatable bonds is 3. The maximum absolute atomic E-state index is 13.5. The first-order valence-corrected chi connectivity index (χ1v) is 7.13. The highest BCUT2D eigenvalue weighted by Gasteiger charge is 2.19. The first kappa shape index (κ1) is 14.3. The average molecular weight is 297 g/mol. The van der Waals surface area contributed by atoms with Crippen LogP contribution in [0.3, 0.4) is 0 Å². The van der Waals surface area contributed by atoms with E-state index < -0.39 is 5.82 Å². The maximum atomic E-state index is 13.5. The summed E-state index contributed by atoms with van der Waals surface area (Å²) in [6, 6.07) is 10.4. The second-order valence-corrected chi connectivity index (χ2v) is 5.11. The molecule has 2 aromatic heterocycles. The van der Waals surface area contributed by atoms with E-state index in [-0.39, 0.29) is 5.91 Å². The third-order valence-corrected chi connectivity index (χ3v) is 3.60. The number of fused-ring (bicyclic) bond motifs is 1. The van der Waals surface area contributed by atoms with Crippen molar-refractivity contribution in [1.29, 1.82) is 0 Å². The van der Waals surface area contributed by atoms with Crippen LogP contribution in [0.4, 0.5) is 10.1 Å². The number of carbonyl (C=O) groups is 1. The van der Waals surface area contributed by atoms with Crippen molar-refractivity contribution in [2.45, 2.75) is 20.3 Å². The third kappa shape index (κ3) is 2.45. The van der Waals surface area contributed by atoms with Crippen LogP contribution in [0.15, 0.2) is 42.6 Å². The van der Waals surface area contributed by atoms with Crippen LogP contribution in [0, 0.1) is 12.7 Å². The van der Waals surface area contributed by atoms with Gasteiger partial charge in [0.15, 0.2) is 0 Å². The fraction of sp³-hybridized carbons (Fsp3) is 0.176. The molecule has 3 rings (SSSR count). The van der Waals surface area contributed by atoms with Crippen molar-refractivity contribution < 1.29 is 9.18 Å². The van der Waals surface area contributed by atoms with Crippen molar-refractivity contribution >= 4 is 17.2 Å². The zero-order chi connectivity index (χ0) is 15.7. The fourth-order valence-corrected chi connectivity index (χ4v) is 2.45. The topological polar surface area (TPSA) is 46.4 Å². The van der Waals surface area contributed by atoms with E-state index in [9.17, 15) is 9.18 Å². The van der Waals surface area contributed by atoms with Gasteiger partial charge in [-0.1, -0.05) is 25.1 Å².